The van der Waals surface area contributed by atoms with Gasteiger partial charge in [0, 0.05) is 5.02 Å². The molecule has 1 atom stereocenters. The molecule has 1 nitrogen and oxygen atoms in total. The zero-order valence-corrected chi connectivity index (χ0v) is 13.5. The monoisotopic (exact) mass is 299 g/mol. The molecule has 2 aromatic carbocycles. The number of hydrogen-bond acceptors (Lipinski definition) is 1. The minimum Gasteiger partial charge on any atom is -0.309 e. The molecular weight excluding hydrogens is 278 g/mol. The summed E-state index contributed by atoms with van der Waals surface area (Å²) >= 11 is 6.22. The van der Waals surface area contributed by atoms with Gasteiger partial charge in [0.1, 0.15) is 0 Å². The molecule has 2 aromatic rings. The Morgan fingerprint density at radius 1 is 1.10 bits per heavy atom. The van der Waals surface area contributed by atoms with Crippen molar-refractivity contribution in [3.8, 4) is 0 Å². The van der Waals surface area contributed by atoms with Gasteiger partial charge in [0.15, 0.2) is 0 Å². The maximum Gasteiger partial charge on any atom is 0.0580 e. The highest BCUT2D eigenvalue weighted by Crippen LogP contribution is 2.41. The van der Waals surface area contributed by atoms with E-state index in [0.29, 0.717) is 0 Å². The van der Waals surface area contributed by atoms with Crippen molar-refractivity contribution in [3.05, 3.63) is 69.7 Å². The molecule has 21 heavy (non-hydrogen) atoms. The van der Waals surface area contributed by atoms with Crippen LogP contribution in [0.25, 0.3) is 0 Å². The largest absolute Gasteiger partial charge is 0.309 e. The standard InChI is InChI=1S/C19H22ClN/c1-13-10-11-15(20)12-18(13)19(21-2)17-9-4-3-8-16(17)14-6-5-7-14/h3-4,8-12,14,19,21H,5-7H2,1-2H3. The van der Waals surface area contributed by atoms with Crippen molar-refractivity contribution in [3.63, 3.8) is 0 Å². The van der Waals surface area contributed by atoms with Gasteiger partial charge in [-0.25, -0.2) is 0 Å². The normalized spacial score (nSPS) is 16.5. The summed E-state index contributed by atoms with van der Waals surface area (Å²) < 4.78 is 0. The Balaban J connectivity index is 2.06. The van der Waals surface area contributed by atoms with Crippen molar-refractivity contribution in [1.29, 1.82) is 0 Å². The molecule has 0 saturated heterocycles. The predicted octanol–water partition coefficient (Wildman–Crippen LogP) is 5.22. The Labute approximate surface area is 132 Å². The van der Waals surface area contributed by atoms with Gasteiger partial charge in [0.25, 0.3) is 0 Å². The molecule has 1 saturated carbocycles. The van der Waals surface area contributed by atoms with Crippen LogP contribution in [-0.4, -0.2) is 7.05 Å². The first kappa shape index (κ1) is 14.6. The molecule has 0 spiro atoms. The van der Waals surface area contributed by atoms with E-state index < -0.39 is 0 Å². The minimum atomic E-state index is 0.209. The summed E-state index contributed by atoms with van der Waals surface area (Å²) in [6, 6.07) is 15.2. The molecule has 0 heterocycles. The highest BCUT2D eigenvalue weighted by atomic mass is 35.5. The number of hydrogen-bond donors (Lipinski definition) is 1. The van der Waals surface area contributed by atoms with Crippen LogP contribution >= 0.6 is 11.6 Å². The van der Waals surface area contributed by atoms with Crippen molar-refractivity contribution < 1.29 is 0 Å². The third-order valence-electron chi connectivity index (χ3n) is 4.69. The van der Waals surface area contributed by atoms with E-state index in [1.807, 2.05) is 13.1 Å². The smallest absolute Gasteiger partial charge is 0.0580 e. The third-order valence-corrected chi connectivity index (χ3v) is 4.93. The van der Waals surface area contributed by atoms with Gasteiger partial charge in [-0.1, -0.05) is 48.4 Å². The lowest BCUT2D eigenvalue weighted by atomic mass is 9.76. The fourth-order valence-corrected chi connectivity index (χ4v) is 3.45. The Kier molecular flexibility index (Phi) is 4.32. The van der Waals surface area contributed by atoms with Crippen molar-refractivity contribution in [2.75, 3.05) is 7.05 Å². The summed E-state index contributed by atoms with van der Waals surface area (Å²) in [7, 11) is 2.03. The number of aryl methyl sites for hydroxylation is 1. The Morgan fingerprint density at radius 3 is 2.52 bits per heavy atom. The molecule has 0 amide bonds. The molecule has 110 valence electrons. The Hall–Kier alpha value is -1.31. The van der Waals surface area contributed by atoms with Crippen LogP contribution in [0.2, 0.25) is 5.02 Å². The second kappa shape index (κ2) is 6.21. The van der Waals surface area contributed by atoms with E-state index in [2.05, 4.69) is 48.6 Å². The van der Waals surface area contributed by atoms with Gasteiger partial charge < -0.3 is 5.32 Å². The molecular formula is C19H22ClN. The van der Waals surface area contributed by atoms with Crippen LogP contribution in [0.5, 0.6) is 0 Å². The van der Waals surface area contributed by atoms with E-state index in [1.165, 1.54) is 41.5 Å². The van der Waals surface area contributed by atoms with Gasteiger partial charge >= 0.3 is 0 Å². The minimum absolute atomic E-state index is 0.209. The topological polar surface area (TPSA) is 12.0 Å². The summed E-state index contributed by atoms with van der Waals surface area (Å²) in [5.41, 5.74) is 5.46. The van der Waals surface area contributed by atoms with Gasteiger partial charge in [0.2, 0.25) is 0 Å². The van der Waals surface area contributed by atoms with Crippen LogP contribution in [0, 0.1) is 6.92 Å². The maximum atomic E-state index is 6.22. The first-order valence-corrected chi connectivity index (χ1v) is 8.10. The number of rotatable bonds is 4. The number of halogens is 1. The van der Waals surface area contributed by atoms with Gasteiger partial charge in [0.05, 0.1) is 6.04 Å². The molecule has 0 bridgehead atoms. The predicted molar refractivity (Wildman–Crippen MR) is 90.1 cm³/mol. The average Bonchev–Trinajstić information content (AvgIpc) is 2.43. The van der Waals surface area contributed by atoms with Crippen LogP contribution in [-0.2, 0) is 0 Å². The first-order valence-electron chi connectivity index (χ1n) is 7.73. The van der Waals surface area contributed by atoms with E-state index in [9.17, 15) is 0 Å². The van der Waals surface area contributed by atoms with Gasteiger partial charge in [-0.15, -0.1) is 0 Å². The summed E-state index contributed by atoms with van der Waals surface area (Å²) in [5.74, 6) is 0.733. The second-order valence-corrected chi connectivity index (χ2v) is 6.42. The van der Waals surface area contributed by atoms with Gasteiger partial charge in [-0.3, -0.25) is 0 Å². The molecule has 2 heteroatoms. The van der Waals surface area contributed by atoms with Crippen LogP contribution in [0.1, 0.15) is 53.5 Å². The van der Waals surface area contributed by atoms with E-state index in [1.54, 1.807) is 0 Å². The average molecular weight is 300 g/mol. The Bertz CT molecular complexity index is 631. The van der Waals surface area contributed by atoms with Crippen LogP contribution in [0.3, 0.4) is 0 Å². The lowest BCUT2D eigenvalue weighted by Crippen LogP contribution is -2.22. The van der Waals surface area contributed by atoms with Crippen molar-refractivity contribution >= 4 is 11.6 Å². The first-order chi connectivity index (χ1) is 10.2. The summed E-state index contributed by atoms with van der Waals surface area (Å²) in [4.78, 5) is 0. The van der Waals surface area contributed by atoms with Crippen molar-refractivity contribution in [2.24, 2.45) is 0 Å². The highest BCUT2D eigenvalue weighted by molar-refractivity contribution is 6.30. The Morgan fingerprint density at radius 2 is 1.86 bits per heavy atom. The zero-order valence-electron chi connectivity index (χ0n) is 12.7. The summed E-state index contributed by atoms with van der Waals surface area (Å²) in [6.45, 7) is 2.15. The van der Waals surface area contributed by atoms with Crippen molar-refractivity contribution in [1.82, 2.24) is 5.32 Å². The van der Waals surface area contributed by atoms with Gasteiger partial charge in [-0.2, -0.15) is 0 Å². The molecule has 0 radical (unpaired) electrons. The molecule has 1 aliphatic carbocycles. The van der Waals surface area contributed by atoms with E-state index in [4.69, 9.17) is 11.6 Å². The van der Waals surface area contributed by atoms with Crippen molar-refractivity contribution in [2.45, 2.75) is 38.1 Å². The molecule has 1 fully saturated rings. The van der Waals surface area contributed by atoms with Gasteiger partial charge in [-0.05, 0) is 67.1 Å². The van der Waals surface area contributed by atoms with E-state index >= 15 is 0 Å². The van der Waals surface area contributed by atoms with E-state index in [-0.39, 0.29) is 6.04 Å². The van der Waals surface area contributed by atoms with Crippen LogP contribution in [0.4, 0.5) is 0 Å². The number of nitrogens with one attached hydrogen (secondary N) is 1. The third kappa shape index (κ3) is 2.86. The maximum absolute atomic E-state index is 6.22. The summed E-state index contributed by atoms with van der Waals surface area (Å²) in [6.07, 6.45) is 4.00. The molecule has 1 N–H and O–H groups in total. The molecule has 1 unspecified atom stereocenters. The quantitative estimate of drug-likeness (QED) is 0.815. The zero-order chi connectivity index (χ0) is 14.8. The van der Waals surface area contributed by atoms with Crippen LogP contribution < -0.4 is 5.32 Å². The lowest BCUT2D eigenvalue weighted by Gasteiger charge is -2.31. The highest BCUT2D eigenvalue weighted by Gasteiger charge is 2.25. The second-order valence-electron chi connectivity index (χ2n) is 5.98. The summed E-state index contributed by atoms with van der Waals surface area (Å²) in [5, 5.41) is 4.29. The molecule has 0 aliphatic heterocycles. The molecule has 3 rings (SSSR count). The fourth-order valence-electron chi connectivity index (χ4n) is 3.27. The van der Waals surface area contributed by atoms with Crippen LogP contribution in [0.15, 0.2) is 42.5 Å². The van der Waals surface area contributed by atoms with E-state index in [0.717, 1.165) is 10.9 Å². The molecule has 0 aromatic heterocycles. The number of benzene rings is 2. The fraction of sp³-hybridized carbons (Fsp3) is 0.368. The lowest BCUT2D eigenvalue weighted by molar-refractivity contribution is 0.415. The SMILES string of the molecule is CNC(c1cc(Cl)ccc1C)c1ccccc1C1CCC1. The molecule has 1 aliphatic rings.